The number of methoxy groups -OCH3 is 1. The zero-order chi connectivity index (χ0) is 13.9. The van der Waals surface area contributed by atoms with E-state index in [-0.39, 0.29) is 0 Å². The van der Waals surface area contributed by atoms with E-state index in [2.05, 4.69) is 16.0 Å². The summed E-state index contributed by atoms with van der Waals surface area (Å²) in [6, 6.07) is 13.5. The van der Waals surface area contributed by atoms with Crippen molar-refractivity contribution in [3.8, 4) is 23.1 Å². The van der Waals surface area contributed by atoms with Crippen LogP contribution in [0.4, 0.5) is 0 Å². The topological polar surface area (TPSA) is 58.8 Å². The second-order valence-corrected chi connectivity index (χ2v) is 4.29. The molecule has 3 aromatic rings. The molecule has 4 nitrogen and oxygen atoms in total. The number of rotatable bonds is 2. The summed E-state index contributed by atoms with van der Waals surface area (Å²) in [6.07, 6.45) is 3.21. The fraction of sp³-hybridized carbons (Fsp3) is 0.0625. The van der Waals surface area contributed by atoms with Crippen molar-refractivity contribution < 1.29 is 4.74 Å². The molecule has 0 fully saturated rings. The molecule has 0 aliphatic carbocycles. The summed E-state index contributed by atoms with van der Waals surface area (Å²) in [5.74, 6) is 0.800. The first-order valence-electron chi connectivity index (χ1n) is 6.11. The smallest absolute Gasteiger partial charge is 0.119 e. The SMILES string of the molecule is COc1ccc2nc(-c3ccncc3C#N)ccc2c1. The van der Waals surface area contributed by atoms with Gasteiger partial charge in [0.1, 0.15) is 11.8 Å². The molecule has 0 saturated carbocycles. The van der Waals surface area contributed by atoms with Crippen LogP contribution in [0, 0.1) is 11.3 Å². The molecule has 0 N–H and O–H groups in total. The van der Waals surface area contributed by atoms with Crippen molar-refractivity contribution in [3.63, 3.8) is 0 Å². The molecule has 0 atom stereocenters. The minimum atomic E-state index is 0.521. The number of hydrogen-bond donors (Lipinski definition) is 0. The Bertz CT molecular complexity index is 821. The van der Waals surface area contributed by atoms with Crippen molar-refractivity contribution >= 4 is 10.9 Å². The Balaban J connectivity index is 2.16. The molecule has 20 heavy (non-hydrogen) atoms. The van der Waals surface area contributed by atoms with Crippen molar-refractivity contribution in [2.75, 3.05) is 7.11 Å². The van der Waals surface area contributed by atoms with Crippen molar-refractivity contribution in [2.45, 2.75) is 0 Å². The third kappa shape index (κ3) is 2.06. The average Bonchev–Trinajstić information content (AvgIpc) is 2.53. The van der Waals surface area contributed by atoms with E-state index in [0.717, 1.165) is 27.9 Å². The summed E-state index contributed by atoms with van der Waals surface area (Å²) in [4.78, 5) is 8.55. The summed E-state index contributed by atoms with van der Waals surface area (Å²) in [7, 11) is 1.64. The second-order valence-electron chi connectivity index (χ2n) is 4.29. The van der Waals surface area contributed by atoms with Gasteiger partial charge >= 0.3 is 0 Å². The fourth-order valence-electron chi connectivity index (χ4n) is 2.09. The monoisotopic (exact) mass is 261 g/mol. The van der Waals surface area contributed by atoms with Gasteiger partial charge in [0.15, 0.2) is 0 Å². The van der Waals surface area contributed by atoms with Gasteiger partial charge in [-0.25, -0.2) is 4.98 Å². The van der Waals surface area contributed by atoms with E-state index in [0.29, 0.717) is 5.56 Å². The third-order valence-electron chi connectivity index (χ3n) is 3.11. The maximum Gasteiger partial charge on any atom is 0.119 e. The molecule has 1 aromatic carbocycles. The van der Waals surface area contributed by atoms with E-state index in [4.69, 9.17) is 10.00 Å². The molecule has 0 aliphatic heterocycles. The van der Waals surface area contributed by atoms with Gasteiger partial charge < -0.3 is 4.74 Å². The molecule has 0 unspecified atom stereocenters. The molecule has 0 aliphatic rings. The van der Waals surface area contributed by atoms with E-state index in [1.807, 2.05) is 30.3 Å². The van der Waals surface area contributed by atoms with Gasteiger partial charge in [0.2, 0.25) is 0 Å². The van der Waals surface area contributed by atoms with Crippen LogP contribution in [-0.4, -0.2) is 17.1 Å². The number of fused-ring (bicyclic) bond motifs is 1. The van der Waals surface area contributed by atoms with Crippen LogP contribution in [0.1, 0.15) is 5.56 Å². The lowest BCUT2D eigenvalue weighted by atomic mass is 10.1. The lowest BCUT2D eigenvalue weighted by Gasteiger charge is -2.06. The molecule has 0 spiro atoms. The Labute approximate surface area is 116 Å². The van der Waals surface area contributed by atoms with Crippen LogP contribution < -0.4 is 4.74 Å². The Hall–Kier alpha value is -2.93. The van der Waals surface area contributed by atoms with Gasteiger partial charge in [0, 0.05) is 23.3 Å². The minimum absolute atomic E-state index is 0.521. The van der Waals surface area contributed by atoms with Gasteiger partial charge in [-0.3, -0.25) is 4.98 Å². The molecule has 0 amide bonds. The zero-order valence-corrected chi connectivity index (χ0v) is 10.9. The van der Waals surface area contributed by atoms with Crippen molar-refractivity contribution in [2.24, 2.45) is 0 Å². The van der Waals surface area contributed by atoms with Crippen LogP contribution in [0.3, 0.4) is 0 Å². The van der Waals surface area contributed by atoms with Gasteiger partial charge in [0.25, 0.3) is 0 Å². The van der Waals surface area contributed by atoms with Gasteiger partial charge in [-0.15, -0.1) is 0 Å². The van der Waals surface area contributed by atoms with E-state index in [1.165, 1.54) is 0 Å². The van der Waals surface area contributed by atoms with Gasteiger partial charge in [-0.2, -0.15) is 5.26 Å². The number of benzene rings is 1. The highest BCUT2D eigenvalue weighted by atomic mass is 16.5. The minimum Gasteiger partial charge on any atom is -0.497 e. The normalized spacial score (nSPS) is 10.2. The summed E-state index contributed by atoms with van der Waals surface area (Å²) < 4.78 is 5.19. The van der Waals surface area contributed by atoms with Crippen molar-refractivity contribution in [3.05, 3.63) is 54.4 Å². The molecule has 2 heterocycles. The van der Waals surface area contributed by atoms with Gasteiger partial charge in [0.05, 0.1) is 23.9 Å². The molecule has 0 saturated heterocycles. The van der Waals surface area contributed by atoms with Crippen molar-refractivity contribution in [1.29, 1.82) is 5.26 Å². The molecule has 2 aromatic heterocycles. The molecule has 96 valence electrons. The largest absolute Gasteiger partial charge is 0.497 e. The Morgan fingerprint density at radius 1 is 1.15 bits per heavy atom. The standard InChI is InChI=1S/C16H11N3O/c1-20-13-3-5-15-11(8-13)2-4-16(19-15)14-6-7-18-10-12(14)9-17/h2-8,10H,1H3. The number of aromatic nitrogens is 2. The summed E-state index contributed by atoms with van der Waals surface area (Å²) in [5, 5.41) is 10.1. The Kier molecular flexibility index (Phi) is 3.02. The van der Waals surface area contributed by atoms with Crippen LogP contribution in [0.2, 0.25) is 0 Å². The predicted octanol–water partition coefficient (Wildman–Crippen LogP) is 3.18. The summed E-state index contributed by atoms with van der Waals surface area (Å²) in [5.41, 5.74) is 2.94. The van der Waals surface area contributed by atoms with Crippen LogP contribution in [-0.2, 0) is 0 Å². The zero-order valence-electron chi connectivity index (χ0n) is 10.9. The molecular weight excluding hydrogens is 250 g/mol. The first-order valence-corrected chi connectivity index (χ1v) is 6.11. The molecule has 0 bridgehead atoms. The Morgan fingerprint density at radius 3 is 2.85 bits per heavy atom. The predicted molar refractivity (Wildman–Crippen MR) is 76.2 cm³/mol. The average molecular weight is 261 g/mol. The van der Waals surface area contributed by atoms with Crippen LogP contribution in [0.5, 0.6) is 5.75 Å². The molecule has 0 radical (unpaired) electrons. The van der Waals surface area contributed by atoms with E-state index >= 15 is 0 Å². The quantitative estimate of drug-likeness (QED) is 0.711. The van der Waals surface area contributed by atoms with Crippen LogP contribution >= 0.6 is 0 Å². The molecule has 3 rings (SSSR count). The lowest BCUT2D eigenvalue weighted by Crippen LogP contribution is -1.90. The van der Waals surface area contributed by atoms with E-state index in [1.54, 1.807) is 25.6 Å². The number of pyridine rings is 2. The van der Waals surface area contributed by atoms with E-state index in [9.17, 15) is 0 Å². The highest BCUT2D eigenvalue weighted by Gasteiger charge is 2.07. The first-order chi connectivity index (χ1) is 9.81. The number of ether oxygens (including phenoxy) is 1. The maximum absolute atomic E-state index is 9.13. The van der Waals surface area contributed by atoms with Crippen LogP contribution in [0.15, 0.2) is 48.8 Å². The van der Waals surface area contributed by atoms with Gasteiger partial charge in [-0.05, 0) is 30.3 Å². The van der Waals surface area contributed by atoms with Crippen LogP contribution in [0.25, 0.3) is 22.2 Å². The first kappa shape index (κ1) is 12.1. The highest BCUT2D eigenvalue weighted by Crippen LogP contribution is 2.25. The summed E-state index contributed by atoms with van der Waals surface area (Å²) in [6.45, 7) is 0. The Morgan fingerprint density at radius 2 is 2.05 bits per heavy atom. The highest BCUT2D eigenvalue weighted by molar-refractivity contribution is 5.83. The number of nitrogens with zero attached hydrogens (tertiary/aromatic N) is 3. The lowest BCUT2D eigenvalue weighted by molar-refractivity contribution is 0.415. The van der Waals surface area contributed by atoms with Crippen molar-refractivity contribution in [1.82, 2.24) is 9.97 Å². The second kappa shape index (κ2) is 4.98. The number of nitriles is 1. The van der Waals surface area contributed by atoms with E-state index < -0.39 is 0 Å². The van der Waals surface area contributed by atoms with Gasteiger partial charge in [-0.1, -0.05) is 6.07 Å². The third-order valence-corrected chi connectivity index (χ3v) is 3.11. The maximum atomic E-state index is 9.13. The summed E-state index contributed by atoms with van der Waals surface area (Å²) >= 11 is 0. The fourth-order valence-corrected chi connectivity index (χ4v) is 2.09. The molecule has 4 heteroatoms. The number of hydrogen-bond acceptors (Lipinski definition) is 4. The molecular formula is C16H11N3O.